The Hall–Kier alpha value is -3.71. The SMILES string of the molecule is Cc1ccc(NC(=O)Nc2ccccc2)cc1NC(=O)N1CCN(c2cccc(Cl)c2)CC1. The van der Waals surface area contributed by atoms with E-state index in [0.29, 0.717) is 35.2 Å². The van der Waals surface area contributed by atoms with E-state index in [1.165, 1.54) is 0 Å². The zero-order chi connectivity index (χ0) is 23.2. The first-order valence-corrected chi connectivity index (χ1v) is 11.2. The lowest BCUT2D eigenvalue weighted by Gasteiger charge is -2.36. The highest BCUT2D eigenvalue weighted by molar-refractivity contribution is 6.30. The third kappa shape index (κ3) is 5.96. The summed E-state index contributed by atoms with van der Waals surface area (Å²) in [6.45, 7) is 4.59. The molecule has 3 aromatic carbocycles. The fraction of sp³-hybridized carbons (Fsp3) is 0.200. The highest BCUT2D eigenvalue weighted by Crippen LogP contribution is 2.23. The molecule has 1 saturated heterocycles. The van der Waals surface area contributed by atoms with Crippen LogP contribution in [0.2, 0.25) is 5.02 Å². The lowest BCUT2D eigenvalue weighted by molar-refractivity contribution is 0.208. The van der Waals surface area contributed by atoms with Crippen molar-refractivity contribution >= 4 is 46.4 Å². The van der Waals surface area contributed by atoms with Crippen molar-refractivity contribution in [3.63, 3.8) is 0 Å². The summed E-state index contributed by atoms with van der Waals surface area (Å²) >= 11 is 6.10. The fourth-order valence-electron chi connectivity index (χ4n) is 3.68. The quantitative estimate of drug-likeness (QED) is 0.468. The Bertz CT molecular complexity index is 1130. The van der Waals surface area contributed by atoms with Crippen LogP contribution in [0.15, 0.2) is 72.8 Å². The molecule has 8 heteroatoms. The molecule has 0 unspecified atom stereocenters. The van der Waals surface area contributed by atoms with Gasteiger partial charge in [-0.15, -0.1) is 0 Å². The predicted octanol–water partition coefficient (Wildman–Crippen LogP) is 5.65. The lowest BCUT2D eigenvalue weighted by Crippen LogP contribution is -2.50. The van der Waals surface area contributed by atoms with Crippen LogP contribution in [0.1, 0.15) is 5.56 Å². The average Bonchev–Trinajstić information content (AvgIpc) is 2.82. The average molecular weight is 464 g/mol. The van der Waals surface area contributed by atoms with E-state index < -0.39 is 0 Å². The molecular weight excluding hydrogens is 438 g/mol. The number of carbonyl (C=O) groups is 2. The van der Waals surface area contributed by atoms with E-state index in [-0.39, 0.29) is 12.1 Å². The maximum absolute atomic E-state index is 12.9. The molecule has 1 aliphatic rings. The highest BCUT2D eigenvalue weighted by Gasteiger charge is 2.22. The van der Waals surface area contributed by atoms with Crippen LogP contribution in [0.5, 0.6) is 0 Å². The summed E-state index contributed by atoms with van der Waals surface area (Å²) in [4.78, 5) is 29.2. The van der Waals surface area contributed by atoms with Gasteiger partial charge in [-0.25, -0.2) is 9.59 Å². The number of carbonyl (C=O) groups excluding carboxylic acids is 2. The van der Waals surface area contributed by atoms with Gasteiger partial charge in [-0.05, 0) is 55.0 Å². The number of urea groups is 2. The third-order valence-electron chi connectivity index (χ3n) is 5.51. The molecule has 1 heterocycles. The number of para-hydroxylation sites is 1. The molecular formula is C25H26ClN5O2. The number of nitrogens with one attached hydrogen (secondary N) is 3. The van der Waals surface area contributed by atoms with E-state index in [4.69, 9.17) is 11.6 Å². The molecule has 7 nitrogen and oxygen atoms in total. The van der Waals surface area contributed by atoms with Crippen LogP contribution < -0.4 is 20.9 Å². The fourth-order valence-corrected chi connectivity index (χ4v) is 3.87. The summed E-state index contributed by atoms with van der Waals surface area (Å²) < 4.78 is 0. The van der Waals surface area contributed by atoms with E-state index in [1.54, 1.807) is 17.0 Å². The van der Waals surface area contributed by atoms with Crippen LogP contribution in [-0.2, 0) is 0 Å². The van der Waals surface area contributed by atoms with Gasteiger partial charge >= 0.3 is 12.1 Å². The van der Waals surface area contributed by atoms with Gasteiger partial charge in [0.25, 0.3) is 0 Å². The van der Waals surface area contributed by atoms with Crippen LogP contribution in [-0.4, -0.2) is 43.1 Å². The van der Waals surface area contributed by atoms with Crippen molar-refractivity contribution in [3.05, 3.63) is 83.4 Å². The molecule has 3 N–H and O–H groups in total. The van der Waals surface area contributed by atoms with Crippen molar-refractivity contribution in [2.75, 3.05) is 47.0 Å². The minimum Gasteiger partial charge on any atom is -0.368 e. The first-order chi connectivity index (χ1) is 16.0. The van der Waals surface area contributed by atoms with Crippen LogP contribution in [0.4, 0.5) is 32.3 Å². The van der Waals surface area contributed by atoms with Gasteiger partial charge in [0.2, 0.25) is 0 Å². The molecule has 1 fully saturated rings. The van der Waals surface area contributed by atoms with E-state index in [1.807, 2.05) is 67.6 Å². The summed E-state index contributed by atoms with van der Waals surface area (Å²) in [6.07, 6.45) is 0. The molecule has 3 aromatic rings. The van der Waals surface area contributed by atoms with E-state index >= 15 is 0 Å². The first-order valence-electron chi connectivity index (χ1n) is 10.8. The lowest BCUT2D eigenvalue weighted by atomic mass is 10.2. The molecule has 0 atom stereocenters. The van der Waals surface area contributed by atoms with Gasteiger partial charge in [0.05, 0.1) is 0 Å². The van der Waals surface area contributed by atoms with Gasteiger partial charge in [0, 0.05) is 54.0 Å². The topological polar surface area (TPSA) is 76.7 Å². The number of benzene rings is 3. The number of hydrogen-bond acceptors (Lipinski definition) is 3. The van der Waals surface area contributed by atoms with Gasteiger partial charge < -0.3 is 25.8 Å². The van der Waals surface area contributed by atoms with Crippen LogP contribution in [0, 0.1) is 6.92 Å². The van der Waals surface area contributed by atoms with Crippen LogP contribution in [0.25, 0.3) is 0 Å². The monoisotopic (exact) mass is 463 g/mol. The molecule has 1 aliphatic heterocycles. The van der Waals surface area contributed by atoms with Gasteiger partial charge in [-0.2, -0.15) is 0 Å². The van der Waals surface area contributed by atoms with E-state index in [2.05, 4.69) is 20.9 Å². The Balaban J connectivity index is 1.34. The van der Waals surface area contributed by atoms with Crippen molar-refractivity contribution in [3.8, 4) is 0 Å². The molecule has 0 saturated carbocycles. The van der Waals surface area contributed by atoms with Crippen LogP contribution >= 0.6 is 11.6 Å². The molecule has 0 spiro atoms. The van der Waals surface area contributed by atoms with Gasteiger partial charge in [0.1, 0.15) is 0 Å². The Morgan fingerprint density at radius 2 is 1.52 bits per heavy atom. The number of piperazine rings is 1. The third-order valence-corrected chi connectivity index (χ3v) is 5.74. The molecule has 4 rings (SSSR count). The Morgan fingerprint density at radius 3 is 2.24 bits per heavy atom. The summed E-state index contributed by atoms with van der Waals surface area (Å²) in [5.41, 5.74) is 3.93. The molecule has 0 aliphatic carbocycles. The summed E-state index contributed by atoms with van der Waals surface area (Å²) in [5.74, 6) is 0. The first kappa shape index (κ1) is 22.5. The maximum atomic E-state index is 12.9. The van der Waals surface area contributed by atoms with Gasteiger partial charge in [-0.3, -0.25) is 0 Å². The van der Waals surface area contributed by atoms with Crippen molar-refractivity contribution in [2.45, 2.75) is 6.92 Å². The van der Waals surface area contributed by atoms with Gasteiger partial charge in [-0.1, -0.05) is 41.9 Å². The van der Waals surface area contributed by atoms with Gasteiger partial charge in [0.15, 0.2) is 0 Å². The number of amides is 4. The molecule has 170 valence electrons. The minimum absolute atomic E-state index is 0.158. The second-order valence-corrected chi connectivity index (χ2v) is 8.30. The standard InChI is InChI=1S/C25H26ClN5O2/c1-18-10-11-21(28-24(32)27-20-7-3-2-4-8-20)17-23(18)29-25(33)31-14-12-30(13-15-31)22-9-5-6-19(26)16-22/h2-11,16-17H,12-15H2,1H3,(H,29,33)(H2,27,28,32). The zero-order valence-electron chi connectivity index (χ0n) is 18.3. The Morgan fingerprint density at radius 1 is 0.788 bits per heavy atom. The molecule has 0 bridgehead atoms. The minimum atomic E-state index is -0.348. The smallest absolute Gasteiger partial charge is 0.323 e. The number of nitrogens with zero attached hydrogens (tertiary/aromatic N) is 2. The van der Waals surface area contributed by atoms with Crippen molar-refractivity contribution in [1.82, 2.24) is 4.90 Å². The molecule has 0 aromatic heterocycles. The van der Waals surface area contributed by atoms with Crippen molar-refractivity contribution in [2.24, 2.45) is 0 Å². The van der Waals surface area contributed by atoms with E-state index in [9.17, 15) is 9.59 Å². The number of halogens is 1. The zero-order valence-corrected chi connectivity index (χ0v) is 19.1. The summed E-state index contributed by atoms with van der Waals surface area (Å²) in [7, 11) is 0. The maximum Gasteiger partial charge on any atom is 0.323 e. The largest absolute Gasteiger partial charge is 0.368 e. The summed E-state index contributed by atoms with van der Waals surface area (Å²) in [6, 6.07) is 21.9. The normalized spacial score (nSPS) is 13.4. The van der Waals surface area contributed by atoms with Crippen molar-refractivity contribution < 1.29 is 9.59 Å². The number of rotatable bonds is 4. The van der Waals surface area contributed by atoms with Crippen molar-refractivity contribution in [1.29, 1.82) is 0 Å². The number of hydrogen-bond donors (Lipinski definition) is 3. The predicted molar refractivity (Wildman–Crippen MR) is 135 cm³/mol. The molecule has 0 radical (unpaired) electrons. The summed E-state index contributed by atoms with van der Waals surface area (Å²) in [5, 5.41) is 9.27. The number of anilines is 4. The highest BCUT2D eigenvalue weighted by atomic mass is 35.5. The van der Waals surface area contributed by atoms with E-state index in [0.717, 1.165) is 24.3 Å². The molecule has 33 heavy (non-hydrogen) atoms. The Labute approximate surface area is 198 Å². The Kier molecular flexibility index (Phi) is 7.00. The number of aryl methyl sites for hydroxylation is 1. The second kappa shape index (κ2) is 10.3. The molecule has 4 amide bonds. The van der Waals surface area contributed by atoms with Crippen LogP contribution in [0.3, 0.4) is 0 Å². The second-order valence-electron chi connectivity index (χ2n) is 7.86.